The highest BCUT2D eigenvalue weighted by Gasteiger charge is 2.14. The van der Waals surface area contributed by atoms with E-state index in [4.69, 9.17) is 11.6 Å². The standard InChI is InChI=1S/C13H18ClN3O/c1-10(8-14)13(18)16-11-4-5-12(15-9-11)17-6-2-3-7-17/h4-5,9-10H,2-3,6-8H2,1H3,(H,16,18). The number of amides is 1. The molecule has 1 aliphatic heterocycles. The highest BCUT2D eigenvalue weighted by molar-refractivity contribution is 6.19. The summed E-state index contributed by atoms with van der Waals surface area (Å²) in [7, 11) is 0. The molecule has 0 spiro atoms. The van der Waals surface area contributed by atoms with E-state index < -0.39 is 0 Å². The molecular formula is C13H18ClN3O. The van der Waals surface area contributed by atoms with Gasteiger partial charge in [0.25, 0.3) is 0 Å². The Morgan fingerprint density at radius 1 is 1.50 bits per heavy atom. The van der Waals surface area contributed by atoms with Gasteiger partial charge in [0.05, 0.1) is 11.9 Å². The quantitative estimate of drug-likeness (QED) is 0.853. The number of halogens is 1. The Kier molecular flexibility index (Phi) is 4.42. The molecule has 4 nitrogen and oxygen atoms in total. The van der Waals surface area contributed by atoms with Gasteiger partial charge < -0.3 is 10.2 Å². The third-order valence-corrected chi connectivity index (χ3v) is 3.59. The summed E-state index contributed by atoms with van der Waals surface area (Å²) in [5.41, 5.74) is 0.722. The molecule has 0 aromatic carbocycles. The number of nitrogens with one attached hydrogen (secondary N) is 1. The second kappa shape index (κ2) is 6.05. The number of nitrogens with zero attached hydrogens (tertiary/aromatic N) is 2. The van der Waals surface area contributed by atoms with Crippen molar-refractivity contribution in [3.05, 3.63) is 18.3 Å². The average Bonchev–Trinajstić information content (AvgIpc) is 2.92. The lowest BCUT2D eigenvalue weighted by atomic mass is 10.2. The molecule has 1 unspecified atom stereocenters. The van der Waals surface area contributed by atoms with Crippen LogP contribution in [0.15, 0.2) is 18.3 Å². The topological polar surface area (TPSA) is 45.2 Å². The average molecular weight is 268 g/mol. The summed E-state index contributed by atoms with van der Waals surface area (Å²) >= 11 is 5.64. The van der Waals surface area contributed by atoms with Gasteiger partial charge in [-0.2, -0.15) is 0 Å². The first-order valence-electron chi connectivity index (χ1n) is 6.28. The predicted octanol–water partition coefficient (Wildman–Crippen LogP) is 2.50. The van der Waals surface area contributed by atoms with Crippen LogP contribution in [0.5, 0.6) is 0 Å². The summed E-state index contributed by atoms with van der Waals surface area (Å²) in [5, 5.41) is 2.81. The highest BCUT2D eigenvalue weighted by atomic mass is 35.5. The van der Waals surface area contributed by atoms with Gasteiger partial charge in [0, 0.05) is 24.9 Å². The van der Waals surface area contributed by atoms with Crippen LogP contribution in [0.4, 0.5) is 11.5 Å². The first kappa shape index (κ1) is 13.1. The second-order valence-corrected chi connectivity index (χ2v) is 4.95. The summed E-state index contributed by atoms with van der Waals surface area (Å²) in [5.74, 6) is 1.05. The number of hydrogen-bond acceptors (Lipinski definition) is 3. The normalized spacial score (nSPS) is 16.7. The lowest BCUT2D eigenvalue weighted by Crippen LogP contribution is -2.22. The van der Waals surface area contributed by atoms with E-state index in [-0.39, 0.29) is 11.8 Å². The lowest BCUT2D eigenvalue weighted by molar-refractivity contribution is -0.118. The lowest BCUT2D eigenvalue weighted by Gasteiger charge is -2.16. The molecule has 0 aliphatic carbocycles. The van der Waals surface area contributed by atoms with Gasteiger partial charge in [-0.1, -0.05) is 6.92 Å². The van der Waals surface area contributed by atoms with E-state index in [0.29, 0.717) is 5.88 Å². The van der Waals surface area contributed by atoms with Gasteiger partial charge in [0.2, 0.25) is 5.91 Å². The Morgan fingerprint density at radius 2 is 2.22 bits per heavy atom. The third-order valence-electron chi connectivity index (χ3n) is 3.12. The number of rotatable bonds is 4. The van der Waals surface area contributed by atoms with E-state index in [2.05, 4.69) is 15.2 Å². The molecule has 18 heavy (non-hydrogen) atoms. The van der Waals surface area contributed by atoms with Crippen LogP contribution < -0.4 is 10.2 Å². The fourth-order valence-electron chi connectivity index (χ4n) is 1.93. The zero-order valence-electron chi connectivity index (χ0n) is 10.5. The van der Waals surface area contributed by atoms with E-state index in [1.807, 2.05) is 12.1 Å². The van der Waals surface area contributed by atoms with Crippen molar-refractivity contribution >= 4 is 29.0 Å². The van der Waals surface area contributed by atoms with E-state index in [0.717, 1.165) is 24.6 Å². The maximum absolute atomic E-state index is 11.7. The van der Waals surface area contributed by atoms with Crippen molar-refractivity contribution in [1.29, 1.82) is 0 Å². The van der Waals surface area contributed by atoms with Crippen molar-refractivity contribution in [1.82, 2.24) is 4.98 Å². The molecule has 2 heterocycles. The summed E-state index contributed by atoms with van der Waals surface area (Å²) in [6.07, 6.45) is 4.16. The van der Waals surface area contributed by atoms with Crippen molar-refractivity contribution in [3.63, 3.8) is 0 Å². The van der Waals surface area contributed by atoms with Gasteiger partial charge >= 0.3 is 0 Å². The number of anilines is 2. The van der Waals surface area contributed by atoms with Crippen LogP contribution in [0, 0.1) is 5.92 Å². The van der Waals surface area contributed by atoms with Crippen molar-refractivity contribution in [3.8, 4) is 0 Å². The van der Waals surface area contributed by atoms with Crippen molar-refractivity contribution in [2.24, 2.45) is 5.92 Å². The molecule has 1 atom stereocenters. The number of aromatic nitrogens is 1. The Labute approximate surface area is 112 Å². The minimum atomic E-state index is -0.190. The van der Waals surface area contributed by atoms with Gasteiger partial charge in [-0.15, -0.1) is 11.6 Å². The Morgan fingerprint density at radius 3 is 2.78 bits per heavy atom. The largest absolute Gasteiger partial charge is 0.357 e. The first-order chi connectivity index (χ1) is 8.70. The molecule has 1 fully saturated rings. The molecule has 0 saturated carbocycles. The number of carbonyl (C=O) groups is 1. The van der Waals surface area contributed by atoms with Crippen LogP contribution in [-0.2, 0) is 4.79 Å². The number of carbonyl (C=O) groups excluding carboxylic acids is 1. The van der Waals surface area contributed by atoms with Crippen molar-refractivity contribution in [2.45, 2.75) is 19.8 Å². The Bertz CT molecular complexity index is 401. The van der Waals surface area contributed by atoms with E-state index in [9.17, 15) is 4.79 Å². The van der Waals surface area contributed by atoms with Gasteiger partial charge in [0.1, 0.15) is 5.82 Å². The Balaban J connectivity index is 1.97. The molecule has 1 saturated heterocycles. The van der Waals surface area contributed by atoms with Gasteiger partial charge in [-0.3, -0.25) is 4.79 Å². The molecule has 5 heteroatoms. The molecule has 1 amide bonds. The van der Waals surface area contributed by atoms with Gasteiger partial charge in [-0.25, -0.2) is 4.98 Å². The van der Waals surface area contributed by atoms with Crippen LogP contribution in [-0.4, -0.2) is 29.9 Å². The maximum Gasteiger partial charge on any atom is 0.228 e. The highest BCUT2D eigenvalue weighted by Crippen LogP contribution is 2.19. The summed E-state index contributed by atoms with van der Waals surface area (Å²) < 4.78 is 0. The molecule has 98 valence electrons. The first-order valence-corrected chi connectivity index (χ1v) is 6.82. The fourth-order valence-corrected chi connectivity index (χ4v) is 2.07. The molecule has 0 bridgehead atoms. The minimum absolute atomic E-state index is 0.0688. The molecule has 2 rings (SSSR count). The molecule has 0 radical (unpaired) electrons. The number of alkyl halides is 1. The molecule has 1 aromatic heterocycles. The van der Waals surface area contributed by atoms with Crippen LogP contribution in [0.1, 0.15) is 19.8 Å². The molecule has 1 aliphatic rings. The predicted molar refractivity (Wildman–Crippen MR) is 74.2 cm³/mol. The van der Waals surface area contributed by atoms with Crippen LogP contribution >= 0.6 is 11.6 Å². The van der Waals surface area contributed by atoms with E-state index >= 15 is 0 Å². The summed E-state index contributed by atoms with van der Waals surface area (Å²) in [6.45, 7) is 3.94. The summed E-state index contributed by atoms with van der Waals surface area (Å²) in [4.78, 5) is 18.3. The molecular weight excluding hydrogens is 250 g/mol. The van der Waals surface area contributed by atoms with Crippen molar-refractivity contribution in [2.75, 3.05) is 29.2 Å². The van der Waals surface area contributed by atoms with Crippen LogP contribution in [0.3, 0.4) is 0 Å². The maximum atomic E-state index is 11.7. The van der Waals surface area contributed by atoms with E-state index in [1.54, 1.807) is 13.1 Å². The SMILES string of the molecule is CC(CCl)C(=O)Nc1ccc(N2CCCC2)nc1. The molecule has 1 N–H and O–H groups in total. The molecule has 1 aromatic rings. The zero-order valence-corrected chi connectivity index (χ0v) is 11.3. The van der Waals surface area contributed by atoms with Crippen LogP contribution in [0.25, 0.3) is 0 Å². The fraction of sp³-hybridized carbons (Fsp3) is 0.538. The monoisotopic (exact) mass is 267 g/mol. The third kappa shape index (κ3) is 3.13. The van der Waals surface area contributed by atoms with E-state index in [1.165, 1.54) is 12.8 Å². The zero-order chi connectivity index (χ0) is 13.0. The summed E-state index contributed by atoms with van der Waals surface area (Å²) in [6, 6.07) is 3.84. The van der Waals surface area contributed by atoms with Crippen LogP contribution in [0.2, 0.25) is 0 Å². The van der Waals surface area contributed by atoms with Gasteiger partial charge in [0.15, 0.2) is 0 Å². The van der Waals surface area contributed by atoms with Gasteiger partial charge in [-0.05, 0) is 25.0 Å². The number of pyridine rings is 1. The number of hydrogen-bond donors (Lipinski definition) is 1. The smallest absolute Gasteiger partial charge is 0.228 e. The van der Waals surface area contributed by atoms with Crippen molar-refractivity contribution < 1.29 is 4.79 Å². The second-order valence-electron chi connectivity index (χ2n) is 4.64. The Hall–Kier alpha value is -1.29. The minimum Gasteiger partial charge on any atom is -0.357 e.